The average molecular weight is 350 g/mol. The largest absolute Gasteiger partial charge is 0.469 e. The molecule has 0 saturated carbocycles. The van der Waals surface area contributed by atoms with Gasteiger partial charge in [-0.25, -0.2) is 9.07 Å². The van der Waals surface area contributed by atoms with Crippen molar-refractivity contribution in [1.29, 1.82) is 0 Å². The van der Waals surface area contributed by atoms with E-state index in [0.717, 1.165) is 11.5 Å². The van der Waals surface area contributed by atoms with E-state index < -0.39 is 6.04 Å². The molecule has 1 aliphatic carbocycles. The van der Waals surface area contributed by atoms with Gasteiger partial charge in [-0.3, -0.25) is 4.79 Å². The topological polar surface area (TPSA) is 73.0 Å². The van der Waals surface area contributed by atoms with Crippen LogP contribution in [0.2, 0.25) is 0 Å². The van der Waals surface area contributed by atoms with Gasteiger partial charge in [0.05, 0.1) is 6.26 Å². The van der Waals surface area contributed by atoms with E-state index in [2.05, 4.69) is 15.4 Å². The maximum atomic E-state index is 14.5. The van der Waals surface area contributed by atoms with Crippen LogP contribution in [0.5, 0.6) is 0 Å². The Hall–Kier alpha value is -3.22. The Kier molecular flexibility index (Phi) is 3.28. The molecular formula is C19H15FN4O2. The van der Waals surface area contributed by atoms with Crippen molar-refractivity contribution in [2.24, 2.45) is 0 Å². The highest BCUT2D eigenvalue weighted by atomic mass is 19.1. The maximum Gasteiger partial charge on any atom is 0.226 e. The molecule has 2 atom stereocenters. The van der Waals surface area contributed by atoms with Crippen LogP contribution in [-0.4, -0.2) is 20.5 Å². The lowest BCUT2D eigenvalue weighted by molar-refractivity contribution is -0.117. The zero-order chi connectivity index (χ0) is 17.7. The highest BCUT2D eigenvalue weighted by Gasteiger charge is 2.40. The second kappa shape index (κ2) is 5.66. The molecule has 5 rings (SSSR count). The Labute approximate surface area is 148 Å². The lowest BCUT2D eigenvalue weighted by Crippen LogP contribution is -2.33. The molecule has 1 N–H and O–H groups in total. The summed E-state index contributed by atoms with van der Waals surface area (Å²) < 4.78 is 21.6. The van der Waals surface area contributed by atoms with Crippen LogP contribution in [0.3, 0.4) is 0 Å². The number of carbonyl (C=O) groups excluding carboxylic acids is 1. The van der Waals surface area contributed by atoms with E-state index >= 15 is 0 Å². The van der Waals surface area contributed by atoms with Crippen LogP contribution in [0, 0.1) is 5.82 Å². The third kappa shape index (κ3) is 2.20. The molecule has 2 aromatic heterocycles. The lowest BCUT2D eigenvalue weighted by Gasteiger charge is -2.34. The first-order chi connectivity index (χ1) is 12.7. The number of halogens is 1. The number of ketones is 1. The Morgan fingerprint density at radius 3 is 2.88 bits per heavy atom. The third-order valence-corrected chi connectivity index (χ3v) is 5.01. The average Bonchev–Trinajstić information content (AvgIpc) is 3.32. The quantitative estimate of drug-likeness (QED) is 0.767. The number of anilines is 1. The first-order valence-corrected chi connectivity index (χ1v) is 8.43. The molecular weight excluding hydrogens is 335 g/mol. The van der Waals surface area contributed by atoms with Gasteiger partial charge in [0.25, 0.3) is 0 Å². The monoisotopic (exact) mass is 350 g/mol. The summed E-state index contributed by atoms with van der Waals surface area (Å²) in [6, 6.07) is 9.55. The van der Waals surface area contributed by atoms with Crippen LogP contribution in [0.1, 0.15) is 36.1 Å². The minimum absolute atomic E-state index is 0.0328. The minimum Gasteiger partial charge on any atom is -0.469 e. The van der Waals surface area contributed by atoms with E-state index in [4.69, 9.17) is 4.42 Å². The Morgan fingerprint density at radius 2 is 2.08 bits per heavy atom. The number of allylic oxidation sites excluding steroid dienone is 2. The second-order valence-corrected chi connectivity index (χ2v) is 6.51. The van der Waals surface area contributed by atoms with Gasteiger partial charge in [-0.1, -0.05) is 18.2 Å². The van der Waals surface area contributed by atoms with Gasteiger partial charge in [0.2, 0.25) is 5.95 Å². The van der Waals surface area contributed by atoms with Crippen LogP contribution in [0.4, 0.5) is 10.3 Å². The number of rotatable bonds is 2. The number of benzene rings is 1. The van der Waals surface area contributed by atoms with E-state index in [0.29, 0.717) is 29.9 Å². The summed E-state index contributed by atoms with van der Waals surface area (Å²) in [7, 11) is 0. The molecule has 26 heavy (non-hydrogen) atoms. The van der Waals surface area contributed by atoms with Crippen molar-refractivity contribution in [2.45, 2.75) is 24.8 Å². The first-order valence-electron chi connectivity index (χ1n) is 8.43. The van der Waals surface area contributed by atoms with Gasteiger partial charge in [0.15, 0.2) is 5.78 Å². The highest BCUT2D eigenvalue weighted by molar-refractivity contribution is 6.00. The number of carbonyl (C=O) groups is 1. The van der Waals surface area contributed by atoms with Crippen molar-refractivity contribution >= 4 is 11.7 Å². The van der Waals surface area contributed by atoms with E-state index in [1.54, 1.807) is 29.1 Å². The first kappa shape index (κ1) is 15.1. The van der Waals surface area contributed by atoms with Crippen molar-refractivity contribution in [2.75, 3.05) is 5.32 Å². The lowest BCUT2D eigenvalue weighted by atomic mass is 9.79. The van der Waals surface area contributed by atoms with Crippen molar-refractivity contribution in [1.82, 2.24) is 14.8 Å². The fourth-order valence-electron chi connectivity index (χ4n) is 3.86. The van der Waals surface area contributed by atoms with Gasteiger partial charge in [0.1, 0.15) is 23.9 Å². The minimum atomic E-state index is -0.616. The number of hydrogen-bond donors (Lipinski definition) is 1. The summed E-state index contributed by atoms with van der Waals surface area (Å²) in [4.78, 5) is 17.3. The fourth-order valence-corrected chi connectivity index (χ4v) is 3.86. The van der Waals surface area contributed by atoms with Gasteiger partial charge in [0, 0.05) is 29.2 Å². The van der Waals surface area contributed by atoms with Gasteiger partial charge < -0.3 is 9.73 Å². The molecule has 1 aliphatic heterocycles. The molecule has 0 bridgehead atoms. The standard InChI is InChI=1S/C19H15FN4O2/c20-13-5-2-1-4-12(13)18-17-14(23-19-21-10-22-24(18)19)8-11(9-15(17)25)16-6-3-7-26-16/h1-7,10-11,18H,8-9H2,(H,21,22,23)/t11-,18+/m0/s1. The molecule has 0 fully saturated rings. The smallest absolute Gasteiger partial charge is 0.226 e. The van der Waals surface area contributed by atoms with Crippen LogP contribution in [-0.2, 0) is 4.79 Å². The maximum absolute atomic E-state index is 14.5. The van der Waals surface area contributed by atoms with Crippen molar-refractivity contribution < 1.29 is 13.6 Å². The van der Waals surface area contributed by atoms with Gasteiger partial charge in [-0.15, -0.1) is 0 Å². The van der Waals surface area contributed by atoms with E-state index in [1.165, 1.54) is 12.4 Å². The van der Waals surface area contributed by atoms with Crippen LogP contribution in [0.25, 0.3) is 0 Å². The van der Waals surface area contributed by atoms with E-state index in [-0.39, 0.29) is 17.5 Å². The van der Waals surface area contributed by atoms with Gasteiger partial charge >= 0.3 is 0 Å². The Bertz CT molecular complexity index is 1020. The number of nitrogens with zero attached hydrogens (tertiary/aromatic N) is 3. The van der Waals surface area contributed by atoms with Crippen LogP contribution in [0.15, 0.2) is 64.7 Å². The zero-order valence-electron chi connectivity index (χ0n) is 13.7. The number of nitrogens with one attached hydrogen (secondary N) is 1. The summed E-state index contributed by atoms with van der Waals surface area (Å²) in [6.07, 6.45) is 3.94. The molecule has 0 saturated heterocycles. The molecule has 130 valence electrons. The summed E-state index contributed by atoms with van der Waals surface area (Å²) in [6.45, 7) is 0. The SMILES string of the molecule is O=C1C[C@@H](c2ccco2)CC2=C1[C@@H](c1ccccc1F)n1ncnc1N2. The second-order valence-electron chi connectivity index (χ2n) is 6.51. The molecule has 3 aromatic rings. The number of Topliss-reactive ketones (excluding diaryl/α,β-unsaturated/α-hetero) is 1. The molecule has 0 spiro atoms. The van der Waals surface area contributed by atoms with Crippen molar-refractivity contribution in [3.63, 3.8) is 0 Å². The molecule has 1 aromatic carbocycles. The summed E-state index contributed by atoms with van der Waals surface area (Å²) in [5, 5.41) is 7.43. The number of aromatic nitrogens is 3. The molecule has 0 radical (unpaired) electrons. The number of hydrogen-bond acceptors (Lipinski definition) is 5. The van der Waals surface area contributed by atoms with E-state index in [9.17, 15) is 9.18 Å². The Balaban J connectivity index is 1.65. The van der Waals surface area contributed by atoms with Crippen molar-refractivity contribution in [3.05, 3.63) is 77.4 Å². The number of furan rings is 1. The molecule has 6 nitrogen and oxygen atoms in total. The normalized spacial score (nSPS) is 22.0. The Morgan fingerprint density at radius 1 is 1.19 bits per heavy atom. The number of fused-ring (bicyclic) bond motifs is 1. The molecule has 7 heteroatoms. The third-order valence-electron chi connectivity index (χ3n) is 5.01. The zero-order valence-corrected chi connectivity index (χ0v) is 13.7. The van der Waals surface area contributed by atoms with Crippen molar-refractivity contribution in [3.8, 4) is 0 Å². The van der Waals surface area contributed by atoms with Gasteiger partial charge in [-0.2, -0.15) is 10.1 Å². The molecule has 0 amide bonds. The van der Waals surface area contributed by atoms with Gasteiger partial charge in [-0.05, 0) is 24.6 Å². The van der Waals surface area contributed by atoms with Crippen LogP contribution >= 0.6 is 0 Å². The van der Waals surface area contributed by atoms with Crippen LogP contribution < -0.4 is 5.32 Å². The highest BCUT2D eigenvalue weighted by Crippen LogP contribution is 2.44. The van der Waals surface area contributed by atoms with E-state index in [1.807, 2.05) is 12.1 Å². The predicted molar refractivity (Wildman–Crippen MR) is 90.9 cm³/mol. The summed E-state index contributed by atoms with van der Waals surface area (Å²) in [5.41, 5.74) is 1.73. The summed E-state index contributed by atoms with van der Waals surface area (Å²) >= 11 is 0. The molecule has 2 aliphatic rings. The molecule has 0 unspecified atom stereocenters. The molecule has 3 heterocycles. The fraction of sp³-hybridized carbons (Fsp3) is 0.211. The summed E-state index contributed by atoms with van der Waals surface area (Å²) in [5.74, 6) is 0.841. The predicted octanol–water partition coefficient (Wildman–Crippen LogP) is 3.43.